The van der Waals surface area contributed by atoms with E-state index in [9.17, 15) is 9.90 Å². The van der Waals surface area contributed by atoms with Crippen molar-refractivity contribution < 1.29 is 66.0 Å². The standard InChI is InChI=1S/C10H12O3.K/c1-7-3-4-8(2)9(5-7)13-6-10(11)12;/h3-5H,6H2,1-2H3,(H,11,12);/q;+1/p-1. The molecule has 0 saturated carbocycles. The molecule has 0 spiro atoms. The van der Waals surface area contributed by atoms with Crippen molar-refractivity contribution in [3.63, 3.8) is 0 Å². The van der Waals surface area contributed by atoms with Gasteiger partial charge in [0.1, 0.15) is 12.4 Å². The number of benzene rings is 1. The van der Waals surface area contributed by atoms with Crippen molar-refractivity contribution in [2.45, 2.75) is 13.8 Å². The van der Waals surface area contributed by atoms with Crippen LogP contribution < -0.4 is 61.2 Å². The summed E-state index contributed by atoms with van der Waals surface area (Å²) in [6, 6.07) is 5.64. The van der Waals surface area contributed by atoms with Gasteiger partial charge in [0.15, 0.2) is 0 Å². The molecule has 0 N–H and O–H groups in total. The number of carbonyl (C=O) groups excluding carboxylic acids is 1. The number of rotatable bonds is 3. The molecule has 0 aliphatic carbocycles. The van der Waals surface area contributed by atoms with E-state index < -0.39 is 12.6 Å². The first-order valence-electron chi connectivity index (χ1n) is 3.99. The summed E-state index contributed by atoms with van der Waals surface area (Å²) >= 11 is 0. The minimum Gasteiger partial charge on any atom is -0.546 e. The smallest absolute Gasteiger partial charge is 0.546 e. The number of aryl methyl sites for hydroxylation is 2. The van der Waals surface area contributed by atoms with Crippen LogP contribution in [0.15, 0.2) is 18.2 Å². The van der Waals surface area contributed by atoms with E-state index in [0.29, 0.717) is 5.75 Å². The molecule has 0 amide bonds. The minimum atomic E-state index is -1.21. The molecule has 3 nitrogen and oxygen atoms in total. The molecule has 0 unspecified atom stereocenters. The Bertz CT molecular complexity index is 323. The summed E-state index contributed by atoms with van der Waals surface area (Å²) in [5.74, 6) is -0.606. The SMILES string of the molecule is Cc1ccc(C)c(OCC(=O)[O-])c1.[K+]. The van der Waals surface area contributed by atoms with Crippen molar-refractivity contribution >= 4 is 5.97 Å². The zero-order chi connectivity index (χ0) is 9.84. The van der Waals surface area contributed by atoms with Gasteiger partial charge in [0.25, 0.3) is 0 Å². The average Bonchev–Trinajstić information content (AvgIpc) is 2.06. The molecule has 0 aliphatic heterocycles. The van der Waals surface area contributed by atoms with E-state index in [1.165, 1.54) is 0 Å². The van der Waals surface area contributed by atoms with Crippen LogP contribution in [0.2, 0.25) is 0 Å². The molecule has 0 saturated heterocycles. The van der Waals surface area contributed by atoms with Crippen LogP contribution in [0.1, 0.15) is 11.1 Å². The summed E-state index contributed by atoms with van der Waals surface area (Å²) in [6.07, 6.45) is 0. The van der Waals surface area contributed by atoms with E-state index in [1.807, 2.05) is 26.0 Å². The Morgan fingerprint density at radius 2 is 2.07 bits per heavy atom. The zero-order valence-corrected chi connectivity index (χ0v) is 11.8. The molecule has 0 atom stereocenters. The van der Waals surface area contributed by atoms with Gasteiger partial charge in [-0.15, -0.1) is 0 Å². The predicted molar refractivity (Wildman–Crippen MR) is 46.4 cm³/mol. The van der Waals surface area contributed by atoms with Crippen molar-refractivity contribution in [2.75, 3.05) is 6.61 Å². The Balaban J connectivity index is 0.00000169. The maximum Gasteiger partial charge on any atom is 1.00 e. The molecule has 0 bridgehead atoms. The van der Waals surface area contributed by atoms with E-state index in [2.05, 4.69) is 0 Å². The third kappa shape index (κ3) is 4.57. The summed E-state index contributed by atoms with van der Waals surface area (Å²) in [6.45, 7) is 3.39. The molecule has 0 fully saturated rings. The van der Waals surface area contributed by atoms with Gasteiger partial charge in [-0.05, 0) is 31.0 Å². The van der Waals surface area contributed by atoms with Crippen LogP contribution in [0, 0.1) is 13.8 Å². The first kappa shape index (κ1) is 14.1. The molecule has 1 aromatic carbocycles. The molecule has 0 radical (unpaired) electrons. The number of hydrogen-bond donors (Lipinski definition) is 0. The van der Waals surface area contributed by atoms with Gasteiger partial charge in [0.05, 0.1) is 5.97 Å². The van der Waals surface area contributed by atoms with Gasteiger partial charge in [-0.25, -0.2) is 0 Å². The van der Waals surface area contributed by atoms with Crippen LogP contribution in [0.25, 0.3) is 0 Å². The van der Waals surface area contributed by atoms with Gasteiger partial charge in [-0.2, -0.15) is 0 Å². The zero-order valence-electron chi connectivity index (χ0n) is 8.66. The van der Waals surface area contributed by atoms with Crippen LogP contribution in [0.3, 0.4) is 0 Å². The molecule has 1 aromatic rings. The van der Waals surface area contributed by atoms with Crippen LogP contribution in [0.5, 0.6) is 5.75 Å². The molecule has 0 aromatic heterocycles. The van der Waals surface area contributed by atoms with Crippen molar-refractivity contribution in [2.24, 2.45) is 0 Å². The fourth-order valence-electron chi connectivity index (χ4n) is 0.999. The molecule has 70 valence electrons. The Kier molecular flexibility index (Phi) is 6.64. The number of aliphatic carboxylic acids is 1. The molecule has 1 rings (SSSR count). The Morgan fingerprint density at radius 3 is 2.64 bits per heavy atom. The number of hydrogen-bond acceptors (Lipinski definition) is 3. The van der Waals surface area contributed by atoms with Gasteiger partial charge in [0.2, 0.25) is 0 Å². The third-order valence-electron chi connectivity index (χ3n) is 1.69. The fourth-order valence-corrected chi connectivity index (χ4v) is 0.999. The molecular formula is C10H11KO3. The van der Waals surface area contributed by atoms with E-state index >= 15 is 0 Å². The molecule has 4 heteroatoms. The van der Waals surface area contributed by atoms with E-state index in [4.69, 9.17) is 4.74 Å². The predicted octanol–water partition coefficient (Wildman–Crippen LogP) is -2.56. The Labute approximate surface area is 126 Å². The van der Waals surface area contributed by atoms with Gasteiger partial charge >= 0.3 is 51.4 Å². The van der Waals surface area contributed by atoms with Gasteiger partial charge in [-0.1, -0.05) is 12.1 Å². The van der Waals surface area contributed by atoms with Crippen molar-refractivity contribution in [1.29, 1.82) is 0 Å². The Morgan fingerprint density at radius 1 is 1.43 bits per heavy atom. The number of carboxylic acids is 1. The number of ether oxygens (including phenoxy) is 1. The van der Waals surface area contributed by atoms with E-state index in [0.717, 1.165) is 11.1 Å². The molecular weight excluding hydrogens is 207 g/mol. The molecule has 14 heavy (non-hydrogen) atoms. The third-order valence-corrected chi connectivity index (χ3v) is 1.69. The van der Waals surface area contributed by atoms with Crippen LogP contribution in [-0.4, -0.2) is 12.6 Å². The second-order valence-electron chi connectivity index (χ2n) is 2.93. The summed E-state index contributed by atoms with van der Waals surface area (Å²) in [5, 5.41) is 10.1. The second kappa shape index (κ2) is 6.58. The monoisotopic (exact) mass is 218 g/mol. The molecule has 0 heterocycles. The first-order chi connectivity index (χ1) is 6.09. The molecule has 0 aliphatic rings. The average molecular weight is 218 g/mol. The maximum absolute atomic E-state index is 10.1. The van der Waals surface area contributed by atoms with Crippen molar-refractivity contribution in [3.05, 3.63) is 29.3 Å². The van der Waals surface area contributed by atoms with E-state index in [-0.39, 0.29) is 51.4 Å². The Hall–Kier alpha value is 0.126. The van der Waals surface area contributed by atoms with Crippen LogP contribution in [0.4, 0.5) is 0 Å². The van der Waals surface area contributed by atoms with Crippen LogP contribution in [-0.2, 0) is 4.79 Å². The summed E-state index contributed by atoms with van der Waals surface area (Å²) in [7, 11) is 0. The summed E-state index contributed by atoms with van der Waals surface area (Å²) in [5.41, 5.74) is 1.96. The van der Waals surface area contributed by atoms with Gasteiger partial charge in [0, 0.05) is 0 Å². The minimum absolute atomic E-state index is 0. The van der Waals surface area contributed by atoms with E-state index in [1.54, 1.807) is 6.07 Å². The second-order valence-corrected chi connectivity index (χ2v) is 2.93. The van der Waals surface area contributed by atoms with Gasteiger partial charge < -0.3 is 14.6 Å². The van der Waals surface area contributed by atoms with Crippen LogP contribution >= 0.6 is 0 Å². The topological polar surface area (TPSA) is 49.4 Å². The van der Waals surface area contributed by atoms with Crippen molar-refractivity contribution in [3.8, 4) is 5.75 Å². The largest absolute Gasteiger partial charge is 1.00 e. The summed E-state index contributed by atoms with van der Waals surface area (Å²) < 4.78 is 5.02. The summed E-state index contributed by atoms with van der Waals surface area (Å²) in [4.78, 5) is 10.1. The number of carboxylic acid groups (broad SMARTS) is 1. The fraction of sp³-hybridized carbons (Fsp3) is 0.300. The van der Waals surface area contributed by atoms with Crippen molar-refractivity contribution in [1.82, 2.24) is 0 Å². The maximum atomic E-state index is 10.1. The van der Waals surface area contributed by atoms with Gasteiger partial charge in [-0.3, -0.25) is 0 Å². The normalized spacial score (nSPS) is 9.00. The first-order valence-corrected chi connectivity index (χ1v) is 3.99. The quantitative estimate of drug-likeness (QED) is 0.524. The number of carbonyl (C=O) groups is 1.